The van der Waals surface area contributed by atoms with E-state index in [0.29, 0.717) is 0 Å². The van der Waals surface area contributed by atoms with Crippen LogP contribution >= 0.6 is 0 Å². The molecule has 3 nitrogen and oxygen atoms in total. The Kier molecular flexibility index (Phi) is 51.7. The fourth-order valence-corrected chi connectivity index (χ4v) is 9.00. The number of amides is 2. The fraction of sp³-hybridized carbons (Fsp3) is 0.982. The van der Waals surface area contributed by atoms with E-state index < -0.39 is 0 Å². The van der Waals surface area contributed by atoms with Crippen molar-refractivity contribution < 1.29 is 4.79 Å². The molecule has 348 valence electrons. The largest absolute Gasteiger partial charge is 0.338 e. The molecular formula is C55H112N2O. The molecule has 3 heteroatoms. The van der Waals surface area contributed by atoms with Crippen LogP contribution in [-0.4, -0.2) is 30.6 Å². The lowest BCUT2D eigenvalue weighted by Crippen LogP contribution is -2.41. The molecule has 1 N–H and O–H groups in total. The van der Waals surface area contributed by atoms with E-state index in [1.165, 1.54) is 302 Å². The van der Waals surface area contributed by atoms with Crippen molar-refractivity contribution in [2.75, 3.05) is 19.6 Å². The first kappa shape index (κ1) is 57.3. The summed E-state index contributed by atoms with van der Waals surface area (Å²) in [6, 6.07) is 0.211. The van der Waals surface area contributed by atoms with Gasteiger partial charge < -0.3 is 10.2 Å². The van der Waals surface area contributed by atoms with Gasteiger partial charge in [0.15, 0.2) is 0 Å². The van der Waals surface area contributed by atoms with E-state index >= 15 is 0 Å². The molecule has 0 saturated heterocycles. The van der Waals surface area contributed by atoms with Crippen LogP contribution in [0.5, 0.6) is 0 Å². The Hall–Kier alpha value is -0.730. The lowest BCUT2D eigenvalue weighted by atomic mass is 10.0. The van der Waals surface area contributed by atoms with Gasteiger partial charge in [-0.15, -0.1) is 0 Å². The Balaban J connectivity index is 4.07. The molecule has 0 atom stereocenters. The summed E-state index contributed by atoms with van der Waals surface area (Å²) < 4.78 is 0. The van der Waals surface area contributed by atoms with E-state index in [4.69, 9.17) is 0 Å². The third-order valence-electron chi connectivity index (χ3n) is 13.2. The minimum atomic E-state index is 0.211. The molecule has 0 unspecified atom stereocenters. The molecule has 0 bridgehead atoms. The summed E-state index contributed by atoms with van der Waals surface area (Å²) in [5, 5.41) is 3.33. The normalized spacial score (nSPS) is 11.5. The summed E-state index contributed by atoms with van der Waals surface area (Å²) >= 11 is 0. The number of hydrogen-bond acceptors (Lipinski definition) is 1. The van der Waals surface area contributed by atoms with Gasteiger partial charge in [0.2, 0.25) is 0 Å². The van der Waals surface area contributed by atoms with Crippen LogP contribution in [0.3, 0.4) is 0 Å². The van der Waals surface area contributed by atoms with Gasteiger partial charge in [-0.3, -0.25) is 0 Å². The van der Waals surface area contributed by atoms with Crippen molar-refractivity contribution in [1.82, 2.24) is 10.2 Å². The highest BCUT2D eigenvalue weighted by atomic mass is 16.2. The monoisotopic (exact) mass is 817 g/mol. The average molecular weight is 818 g/mol. The summed E-state index contributed by atoms with van der Waals surface area (Å²) in [4.78, 5) is 15.5. The van der Waals surface area contributed by atoms with Crippen molar-refractivity contribution in [2.45, 2.75) is 329 Å². The first-order valence-corrected chi connectivity index (χ1v) is 27.8. The lowest BCUT2D eigenvalue weighted by molar-refractivity contribution is 0.195. The van der Waals surface area contributed by atoms with Gasteiger partial charge in [-0.1, -0.05) is 310 Å². The van der Waals surface area contributed by atoms with Crippen molar-refractivity contribution in [3.63, 3.8) is 0 Å². The molecule has 0 heterocycles. The van der Waals surface area contributed by atoms with Crippen LogP contribution in [0, 0.1) is 0 Å². The topological polar surface area (TPSA) is 32.3 Å². The van der Waals surface area contributed by atoms with E-state index in [1.807, 2.05) is 0 Å². The van der Waals surface area contributed by atoms with Crippen LogP contribution in [-0.2, 0) is 0 Å². The van der Waals surface area contributed by atoms with Gasteiger partial charge in [-0.2, -0.15) is 0 Å². The van der Waals surface area contributed by atoms with Gasteiger partial charge in [0, 0.05) is 19.6 Å². The van der Waals surface area contributed by atoms with E-state index in [-0.39, 0.29) is 6.03 Å². The molecule has 0 rings (SSSR count). The molecule has 0 aliphatic carbocycles. The molecule has 0 saturated carbocycles. The number of carbonyl (C=O) groups excluding carboxylic acids is 1. The number of urea groups is 1. The van der Waals surface area contributed by atoms with Gasteiger partial charge >= 0.3 is 6.03 Å². The van der Waals surface area contributed by atoms with Crippen molar-refractivity contribution in [1.29, 1.82) is 0 Å². The van der Waals surface area contributed by atoms with Gasteiger partial charge in [0.25, 0.3) is 0 Å². The Bertz CT molecular complexity index is 703. The van der Waals surface area contributed by atoms with Crippen LogP contribution in [0.15, 0.2) is 0 Å². The standard InChI is InChI=1S/C55H112N2O/c1-4-7-10-13-16-19-22-25-28-31-34-37-40-43-46-49-52-56-55(58)57(53-50-47-44-41-38-35-32-29-26-23-20-17-14-11-8-5-2)54-51-48-45-42-39-36-33-30-27-24-21-18-15-12-9-6-3/h4-54H2,1-3H3,(H,56,58). The summed E-state index contributed by atoms with van der Waals surface area (Å²) in [5.41, 5.74) is 0. The zero-order valence-electron chi connectivity index (χ0n) is 40.9. The maximum Gasteiger partial charge on any atom is 0.317 e. The highest BCUT2D eigenvalue weighted by molar-refractivity contribution is 5.74. The third kappa shape index (κ3) is 47.9. The maximum absolute atomic E-state index is 13.3. The Morgan fingerprint density at radius 2 is 0.431 bits per heavy atom. The second-order valence-electron chi connectivity index (χ2n) is 19.1. The molecule has 58 heavy (non-hydrogen) atoms. The first-order valence-electron chi connectivity index (χ1n) is 27.8. The van der Waals surface area contributed by atoms with Crippen LogP contribution in [0.1, 0.15) is 329 Å². The molecule has 0 aromatic rings. The SMILES string of the molecule is CCCCCCCCCCCCCCCCCCNC(=O)N(CCCCCCCCCCCCCCCCCC)CCCCCCCCCCCCCCCCCC. The van der Waals surface area contributed by atoms with Crippen LogP contribution < -0.4 is 5.32 Å². The maximum atomic E-state index is 13.3. The summed E-state index contributed by atoms with van der Waals surface area (Å²) in [6.45, 7) is 9.66. The number of nitrogens with zero attached hydrogens (tertiary/aromatic N) is 1. The quantitative estimate of drug-likeness (QED) is 0.0610. The van der Waals surface area contributed by atoms with E-state index in [9.17, 15) is 4.79 Å². The van der Waals surface area contributed by atoms with Gasteiger partial charge in [0.05, 0.1) is 0 Å². The second-order valence-corrected chi connectivity index (χ2v) is 19.1. The molecule has 0 aromatic heterocycles. The predicted octanol–water partition coefficient (Wildman–Crippen LogP) is 19.8. The zero-order chi connectivity index (χ0) is 41.9. The Morgan fingerprint density at radius 1 is 0.259 bits per heavy atom. The highest BCUT2D eigenvalue weighted by Crippen LogP contribution is 2.17. The van der Waals surface area contributed by atoms with E-state index in [1.54, 1.807) is 0 Å². The van der Waals surface area contributed by atoms with Crippen molar-refractivity contribution in [2.24, 2.45) is 0 Å². The number of rotatable bonds is 51. The number of carbonyl (C=O) groups is 1. The van der Waals surface area contributed by atoms with E-state index in [0.717, 1.165) is 26.1 Å². The molecule has 0 fully saturated rings. The minimum absolute atomic E-state index is 0.211. The summed E-state index contributed by atoms with van der Waals surface area (Å²) in [5.74, 6) is 0. The number of nitrogens with one attached hydrogen (secondary N) is 1. The van der Waals surface area contributed by atoms with Gasteiger partial charge in [0.1, 0.15) is 0 Å². The van der Waals surface area contributed by atoms with Crippen LogP contribution in [0.4, 0.5) is 4.79 Å². The number of unbranched alkanes of at least 4 members (excludes halogenated alkanes) is 45. The third-order valence-corrected chi connectivity index (χ3v) is 13.2. The van der Waals surface area contributed by atoms with Crippen LogP contribution in [0.25, 0.3) is 0 Å². The fourth-order valence-electron chi connectivity index (χ4n) is 9.00. The Labute approximate surface area is 368 Å². The smallest absolute Gasteiger partial charge is 0.317 e. The molecular weight excluding hydrogens is 705 g/mol. The lowest BCUT2D eigenvalue weighted by Gasteiger charge is -2.23. The van der Waals surface area contributed by atoms with Crippen molar-refractivity contribution in [3.8, 4) is 0 Å². The van der Waals surface area contributed by atoms with Crippen LogP contribution in [0.2, 0.25) is 0 Å². The molecule has 0 aromatic carbocycles. The highest BCUT2D eigenvalue weighted by Gasteiger charge is 2.12. The first-order chi connectivity index (χ1) is 28.8. The van der Waals surface area contributed by atoms with Crippen molar-refractivity contribution >= 4 is 6.03 Å². The summed E-state index contributed by atoms with van der Waals surface area (Å²) in [6.07, 6.45) is 67.0. The minimum Gasteiger partial charge on any atom is -0.338 e. The molecule has 0 aliphatic rings. The Morgan fingerprint density at radius 3 is 0.638 bits per heavy atom. The number of hydrogen-bond donors (Lipinski definition) is 1. The van der Waals surface area contributed by atoms with Gasteiger partial charge in [-0.25, -0.2) is 4.79 Å². The molecule has 0 radical (unpaired) electrons. The molecule has 0 aliphatic heterocycles. The average Bonchev–Trinajstić information content (AvgIpc) is 3.23. The second kappa shape index (κ2) is 52.4. The van der Waals surface area contributed by atoms with Crippen molar-refractivity contribution in [3.05, 3.63) is 0 Å². The van der Waals surface area contributed by atoms with Gasteiger partial charge in [-0.05, 0) is 19.3 Å². The zero-order valence-corrected chi connectivity index (χ0v) is 40.9. The van der Waals surface area contributed by atoms with E-state index in [2.05, 4.69) is 31.0 Å². The molecule has 2 amide bonds. The predicted molar refractivity (Wildman–Crippen MR) is 264 cm³/mol. The molecule has 0 spiro atoms. The summed E-state index contributed by atoms with van der Waals surface area (Å²) in [7, 11) is 0.